The second-order valence-corrected chi connectivity index (χ2v) is 6.15. The van der Waals surface area contributed by atoms with Gasteiger partial charge in [-0.2, -0.15) is 18.4 Å². The number of para-hydroxylation sites is 1. The Morgan fingerprint density at radius 2 is 1.83 bits per heavy atom. The molecular weight excluding hydrogens is 405 g/mol. The first-order valence-corrected chi connectivity index (χ1v) is 7.85. The van der Waals surface area contributed by atoms with Gasteiger partial charge < -0.3 is 0 Å². The zero-order valence-electron chi connectivity index (χ0n) is 11.8. The van der Waals surface area contributed by atoms with Gasteiger partial charge in [-0.25, -0.2) is 4.98 Å². The van der Waals surface area contributed by atoms with Crippen LogP contribution in [0.1, 0.15) is 11.3 Å². The van der Waals surface area contributed by atoms with Crippen molar-refractivity contribution in [1.82, 2.24) is 4.98 Å². The van der Waals surface area contributed by atoms with Crippen molar-refractivity contribution in [3.05, 3.63) is 63.2 Å². The van der Waals surface area contributed by atoms with Gasteiger partial charge in [0.1, 0.15) is 0 Å². The predicted octanol–water partition coefficient (Wildman–Crippen LogP) is 6.21. The molecule has 1 heterocycles. The Balaban J connectivity index is 2.38. The van der Waals surface area contributed by atoms with Gasteiger partial charge in [0.25, 0.3) is 0 Å². The van der Waals surface area contributed by atoms with E-state index in [-0.39, 0.29) is 15.0 Å². The largest absolute Gasteiger partial charge is 0.434 e. The van der Waals surface area contributed by atoms with Crippen molar-refractivity contribution in [2.24, 2.45) is 0 Å². The van der Waals surface area contributed by atoms with E-state index in [2.05, 4.69) is 20.9 Å². The maximum absolute atomic E-state index is 13.2. The van der Waals surface area contributed by atoms with Crippen LogP contribution < -0.4 is 0 Å². The van der Waals surface area contributed by atoms with E-state index < -0.39 is 11.9 Å². The highest BCUT2D eigenvalue weighted by Crippen LogP contribution is 2.42. The van der Waals surface area contributed by atoms with Crippen molar-refractivity contribution in [1.29, 1.82) is 5.26 Å². The van der Waals surface area contributed by atoms with E-state index in [0.29, 0.717) is 22.1 Å². The lowest BCUT2D eigenvalue weighted by molar-refractivity contribution is -0.141. The van der Waals surface area contributed by atoms with E-state index in [1.54, 1.807) is 42.5 Å². The van der Waals surface area contributed by atoms with Crippen LogP contribution in [-0.2, 0) is 6.18 Å². The minimum Gasteiger partial charge on any atom is -0.241 e. The first kappa shape index (κ1) is 16.7. The van der Waals surface area contributed by atoms with Crippen LogP contribution in [0.15, 0.2) is 46.9 Å². The Hall–Kier alpha value is -2.10. The fraction of sp³-hybridized carbons (Fsp3) is 0.0588. The summed E-state index contributed by atoms with van der Waals surface area (Å²) in [7, 11) is 0. The van der Waals surface area contributed by atoms with Gasteiger partial charge in [0.2, 0.25) is 0 Å². The number of nitrogens with zero attached hydrogens (tertiary/aromatic N) is 2. The molecule has 0 saturated carbocycles. The summed E-state index contributed by atoms with van der Waals surface area (Å²) in [5.74, 6) is 0. The van der Waals surface area contributed by atoms with Crippen molar-refractivity contribution < 1.29 is 13.2 Å². The van der Waals surface area contributed by atoms with E-state index in [4.69, 9.17) is 16.9 Å². The topological polar surface area (TPSA) is 36.7 Å². The van der Waals surface area contributed by atoms with Crippen LogP contribution in [0.5, 0.6) is 0 Å². The molecule has 0 saturated heterocycles. The zero-order chi connectivity index (χ0) is 17.5. The summed E-state index contributed by atoms with van der Waals surface area (Å²) in [4.78, 5) is 3.80. The van der Waals surface area contributed by atoms with Gasteiger partial charge in [0.05, 0.1) is 26.6 Å². The van der Waals surface area contributed by atoms with Crippen LogP contribution in [0.2, 0.25) is 5.02 Å². The Morgan fingerprint density at radius 1 is 1.12 bits per heavy atom. The standard InChI is InChI=1S/C17H7BrClF3N2/c18-13-14(19)12-6-2-5-11(10-4-1-3-9(7-10)8-23)15(12)24-16(13)17(20,21)22/h1-7H. The molecule has 0 bridgehead atoms. The molecule has 7 heteroatoms. The molecule has 0 amide bonds. The average molecular weight is 412 g/mol. The second kappa shape index (κ2) is 6.08. The molecule has 0 aliphatic rings. The Bertz CT molecular complexity index is 994. The number of hydrogen-bond donors (Lipinski definition) is 0. The summed E-state index contributed by atoms with van der Waals surface area (Å²) in [6, 6.07) is 13.5. The molecule has 120 valence electrons. The fourth-order valence-electron chi connectivity index (χ4n) is 2.40. The highest BCUT2D eigenvalue weighted by atomic mass is 79.9. The van der Waals surface area contributed by atoms with E-state index in [9.17, 15) is 13.2 Å². The molecule has 3 rings (SSSR count). The Kier molecular flexibility index (Phi) is 4.24. The van der Waals surface area contributed by atoms with Crippen LogP contribution in [0.4, 0.5) is 13.2 Å². The molecule has 0 radical (unpaired) electrons. The van der Waals surface area contributed by atoms with Crippen molar-refractivity contribution in [3.63, 3.8) is 0 Å². The van der Waals surface area contributed by atoms with Crippen molar-refractivity contribution in [3.8, 4) is 17.2 Å². The van der Waals surface area contributed by atoms with Crippen LogP contribution in [0.3, 0.4) is 0 Å². The molecule has 1 aromatic heterocycles. The number of alkyl halides is 3. The van der Waals surface area contributed by atoms with Gasteiger partial charge in [0.15, 0.2) is 5.69 Å². The number of rotatable bonds is 1. The SMILES string of the molecule is N#Cc1cccc(-c2cccc3c(Cl)c(Br)c(C(F)(F)F)nc23)c1. The van der Waals surface area contributed by atoms with E-state index in [1.165, 1.54) is 0 Å². The lowest BCUT2D eigenvalue weighted by Gasteiger charge is -2.14. The summed E-state index contributed by atoms with van der Waals surface area (Å²) < 4.78 is 39.4. The third-order valence-corrected chi connectivity index (χ3v) is 4.86. The Morgan fingerprint density at radius 3 is 2.50 bits per heavy atom. The number of pyridine rings is 1. The summed E-state index contributed by atoms with van der Waals surface area (Å²) in [5.41, 5.74) is 0.531. The zero-order valence-corrected chi connectivity index (χ0v) is 14.2. The average Bonchev–Trinajstić information content (AvgIpc) is 2.56. The van der Waals surface area contributed by atoms with Gasteiger partial charge in [0, 0.05) is 10.9 Å². The number of fused-ring (bicyclic) bond motifs is 1. The number of benzene rings is 2. The fourth-order valence-corrected chi connectivity index (χ4v) is 3.17. The molecule has 0 aliphatic carbocycles. The molecule has 0 spiro atoms. The molecule has 2 nitrogen and oxygen atoms in total. The van der Waals surface area contributed by atoms with Gasteiger partial charge in [-0.05, 0) is 33.6 Å². The van der Waals surface area contributed by atoms with E-state index in [1.807, 2.05) is 6.07 Å². The Labute approximate surface area is 148 Å². The molecule has 0 unspecified atom stereocenters. The molecule has 0 fully saturated rings. The second-order valence-electron chi connectivity index (χ2n) is 4.98. The van der Waals surface area contributed by atoms with Crippen LogP contribution in [0, 0.1) is 11.3 Å². The first-order chi connectivity index (χ1) is 11.3. The minimum absolute atomic E-state index is 0.0504. The van der Waals surface area contributed by atoms with Crippen LogP contribution in [-0.4, -0.2) is 4.98 Å². The van der Waals surface area contributed by atoms with Gasteiger partial charge in [-0.1, -0.05) is 41.9 Å². The van der Waals surface area contributed by atoms with Gasteiger partial charge in [-0.15, -0.1) is 0 Å². The highest BCUT2D eigenvalue weighted by Gasteiger charge is 2.36. The monoisotopic (exact) mass is 410 g/mol. The number of halogens is 5. The molecule has 24 heavy (non-hydrogen) atoms. The van der Waals surface area contributed by atoms with E-state index >= 15 is 0 Å². The lowest BCUT2D eigenvalue weighted by atomic mass is 10.00. The molecule has 0 aliphatic heterocycles. The highest BCUT2D eigenvalue weighted by molar-refractivity contribution is 9.10. The maximum Gasteiger partial charge on any atom is 0.434 e. The summed E-state index contributed by atoms with van der Waals surface area (Å²) in [6.45, 7) is 0. The smallest absolute Gasteiger partial charge is 0.241 e. The molecule has 2 aromatic carbocycles. The molecule has 3 aromatic rings. The third kappa shape index (κ3) is 2.85. The lowest BCUT2D eigenvalue weighted by Crippen LogP contribution is -2.10. The minimum atomic E-state index is -4.64. The van der Waals surface area contributed by atoms with Gasteiger partial charge >= 0.3 is 6.18 Å². The number of hydrogen-bond acceptors (Lipinski definition) is 2. The van der Waals surface area contributed by atoms with Crippen molar-refractivity contribution in [2.75, 3.05) is 0 Å². The molecular formula is C17H7BrClF3N2. The van der Waals surface area contributed by atoms with Crippen molar-refractivity contribution >= 4 is 38.4 Å². The number of aromatic nitrogens is 1. The van der Waals surface area contributed by atoms with E-state index in [0.717, 1.165) is 0 Å². The van der Waals surface area contributed by atoms with Crippen LogP contribution in [0.25, 0.3) is 22.0 Å². The molecule has 0 atom stereocenters. The molecule has 0 N–H and O–H groups in total. The normalized spacial score (nSPS) is 11.5. The van der Waals surface area contributed by atoms with Crippen LogP contribution >= 0.6 is 27.5 Å². The summed E-state index contributed by atoms with van der Waals surface area (Å²) in [6.07, 6.45) is -4.64. The number of nitriles is 1. The third-order valence-electron chi connectivity index (χ3n) is 3.47. The summed E-state index contributed by atoms with van der Waals surface area (Å²) >= 11 is 9.00. The quantitative estimate of drug-likeness (QED) is 0.477. The van der Waals surface area contributed by atoms with Gasteiger partial charge in [-0.3, -0.25) is 0 Å². The predicted molar refractivity (Wildman–Crippen MR) is 89.6 cm³/mol. The first-order valence-electron chi connectivity index (χ1n) is 6.68. The summed E-state index contributed by atoms with van der Waals surface area (Å²) in [5, 5.41) is 9.36. The van der Waals surface area contributed by atoms with Crippen molar-refractivity contribution in [2.45, 2.75) is 6.18 Å². The maximum atomic E-state index is 13.2.